The summed E-state index contributed by atoms with van der Waals surface area (Å²) >= 11 is 4.98. The lowest BCUT2D eigenvalue weighted by Crippen LogP contribution is -2.27. The molecule has 0 spiro atoms. The molecular weight excluding hydrogens is 324 g/mol. The molecule has 3 rings (SSSR count). The summed E-state index contributed by atoms with van der Waals surface area (Å²) in [7, 11) is 1.64. The highest BCUT2D eigenvalue weighted by molar-refractivity contribution is 7.80. The minimum Gasteiger partial charge on any atom is -0.394 e. The number of rotatable bonds is 3. The van der Waals surface area contributed by atoms with Crippen molar-refractivity contribution in [2.24, 2.45) is 0 Å². The Labute approximate surface area is 135 Å². The van der Waals surface area contributed by atoms with Gasteiger partial charge in [0.05, 0.1) is 19.0 Å². The zero-order valence-corrected chi connectivity index (χ0v) is 13.0. The van der Waals surface area contributed by atoms with Crippen LogP contribution in [0.4, 0.5) is 5.95 Å². The van der Waals surface area contributed by atoms with E-state index in [-0.39, 0.29) is 24.5 Å². The molecule has 2 aromatic rings. The smallest absolute Gasteiger partial charge is 0.280 e. The summed E-state index contributed by atoms with van der Waals surface area (Å²) in [5.41, 5.74) is 0.0230. The monoisotopic (exact) mass is 340 g/mol. The van der Waals surface area contributed by atoms with Crippen molar-refractivity contribution in [1.29, 1.82) is 0 Å². The van der Waals surface area contributed by atoms with Gasteiger partial charge in [0.1, 0.15) is 12.3 Å². The Balaban J connectivity index is 1.99. The number of nitrogens with one attached hydrogen (secondary N) is 3. The van der Waals surface area contributed by atoms with E-state index in [4.69, 9.17) is 22.1 Å². The number of nitrogens with zero attached hydrogens (tertiary/aromatic N) is 3. The Morgan fingerprint density at radius 3 is 3.09 bits per heavy atom. The van der Waals surface area contributed by atoms with E-state index in [1.807, 2.05) is 0 Å². The molecule has 3 heterocycles. The zero-order chi connectivity index (χ0) is 16.6. The zero-order valence-electron chi connectivity index (χ0n) is 12.2. The van der Waals surface area contributed by atoms with Crippen LogP contribution in [0.5, 0.6) is 0 Å². The lowest BCUT2D eigenvalue weighted by Gasteiger charge is -2.14. The van der Waals surface area contributed by atoms with Crippen LogP contribution in [-0.4, -0.2) is 60.7 Å². The molecule has 0 saturated carbocycles. The number of H-pyrrole nitrogens is 1. The molecule has 23 heavy (non-hydrogen) atoms. The number of aliphatic hydroxyl groups excluding tert-OH is 2. The second kappa shape index (κ2) is 6.20. The highest BCUT2D eigenvalue weighted by atomic mass is 32.1. The number of hydrogen-bond donors (Lipinski definition) is 5. The van der Waals surface area contributed by atoms with Crippen LogP contribution in [0, 0.1) is 0 Å². The molecule has 124 valence electrons. The van der Waals surface area contributed by atoms with E-state index < -0.39 is 24.0 Å². The van der Waals surface area contributed by atoms with Crippen LogP contribution in [0.25, 0.3) is 11.2 Å². The number of ether oxygens (including phenoxy) is 1. The SMILES string of the molecule is CNC(=S)Nc1nc2c(ncn2[C@H]2C[C@H](O)[C@@H](CO)O2)c(=O)[nH]1. The van der Waals surface area contributed by atoms with Gasteiger partial charge in [-0.1, -0.05) is 0 Å². The quantitative estimate of drug-likeness (QED) is 0.431. The van der Waals surface area contributed by atoms with Crippen LogP contribution in [0.2, 0.25) is 0 Å². The second-order valence-corrected chi connectivity index (χ2v) is 5.47. The molecule has 1 saturated heterocycles. The minimum absolute atomic E-state index is 0.150. The standard InChI is InChI=1S/C12H16N6O4S/c1-13-12(23)17-11-15-9-8(10(21)16-11)14-4-18(9)7-2-5(20)6(3-19)22-7/h4-7,19-20H,2-3H2,1H3,(H3,13,15,16,17,21,23)/t5-,6+,7+/m0/s1. The van der Waals surface area contributed by atoms with Crippen molar-refractivity contribution < 1.29 is 14.9 Å². The highest BCUT2D eigenvalue weighted by Gasteiger charge is 2.35. The van der Waals surface area contributed by atoms with Crippen molar-refractivity contribution in [3.8, 4) is 0 Å². The molecule has 0 bridgehead atoms. The van der Waals surface area contributed by atoms with Gasteiger partial charge in [-0.3, -0.25) is 14.3 Å². The molecule has 0 aliphatic carbocycles. The first kappa shape index (κ1) is 15.8. The van der Waals surface area contributed by atoms with Crippen LogP contribution in [0.3, 0.4) is 0 Å². The van der Waals surface area contributed by atoms with Gasteiger partial charge in [-0.25, -0.2) is 4.98 Å². The van der Waals surface area contributed by atoms with E-state index in [1.54, 1.807) is 11.6 Å². The fraction of sp³-hybridized carbons (Fsp3) is 0.500. The number of thiocarbonyl (C=S) groups is 1. The first-order chi connectivity index (χ1) is 11.0. The summed E-state index contributed by atoms with van der Waals surface area (Å²) < 4.78 is 7.12. The predicted molar refractivity (Wildman–Crippen MR) is 85.0 cm³/mol. The van der Waals surface area contributed by atoms with Gasteiger partial charge in [-0.2, -0.15) is 4.98 Å². The summed E-state index contributed by atoms with van der Waals surface area (Å²) in [5, 5.41) is 24.8. The molecule has 0 aromatic carbocycles. The van der Waals surface area contributed by atoms with Gasteiger partial charge in [0.15, 0.2) is 16.3 Å². The van der Waals surface area contributed by atoms with E-state index in [9.17, 15) is 9.90 Å². The van der Waals surface area contributed by atoms with Crippen molar-refractivity contribution in [2.75, 3.05) is 19.0 Å². The summed E-state index contributed by atoms with van der Waals surface area (Å²) in [6, 6.07) is 0. The van der Waals surface area contributed by atoms with Crippen LogP contribution in [0.1, 0.15) is 12.6 Å². The average molecular weight is 340 g/mol. The molecule has 10 nitrogen and oxygen atoms in total. The molecule has 0 radical (unpaired) electrons. The van der Waals surface area contributed by atoms with E-state index in [0.29, 0.717) is 10.8 Å². The maximum absolute atomic E-state index is 12.1. The molecular formula is C12H16N6O4S. The topological polar surface area (TPSA) is 137 Å². The molecule has 5 N–H and O–H groups in total. The van der Waals surface area contributed by atoms with E-state index in [2.05, 4.69) is 25.6 Å². The Hall–Kier alpha value is -2.08. The maximum atomic E-state index is 12.1. The van der Waals surface area contributed by atoms with Gasteiger partial charge in [0, 0.05) is 13.5 Å². The van der Waals surface area contributed by atoms with Crippen molar-refractivity contribution in [1.82, 2.24) is 24.8 Å². The first-order valence-corrected chi connectivity index (χ1v) is 7.34. The van der Waals surface area contributed by atoms with Crippen LogP contribution in [-0.2, 0) is 4.74 Å². The molecule has 3 atom stereocenters. The lowest BCUT2D eigenvalue weighted by atomic mass is 10.2. The van der Waals surface area contributed by atoms with Gasteiger partial charge in [-0.05, 0) is 12.2 Å². The molecule has 2 aromatic heterocycles. The fourth-order valence-electron chi connectivity index (χ4n) is 2.42. The number of imidazole rings is 1. The first-order valence-electron chi connectivity index (χ1n) is 6.93. The predicted octanol–water partition coefficient (Wildman–Crippen LogP) is -1.32. The van der Waals surface area contributed by atoms with Gasteiger partial charge in [0.2, 0.25) is 5.95 Å². The minimum atomic E-state index is -0.793. The molecule has 0 unspecified atom stereocenters. The molecule has 0 amide bonds. The number of aromatic amines is 1. The van der Waals surface area contributed by atoms with Gasteiger partial charge >= 0.3 is 0 Å². The summed E-state index contributed by atoms with van der Waals surface area (Å²) in [6.07, 6.45) is -0.342. The molecule has 11 heteroatoms. The van der Waals surface area contributed by atoms with Crippen molar-refractivity contribution in [3.05, 3.63) is 16.7 Å². The van der Waals surface area contributed by atoms with Gasteiger partial charge < -0.3 is 25.6 Å². The number of anilines is 1. The number of hydrogen-bond acceptors (Lipinski definition) is 7. The van der Waals surface area contributed by atoms with Crippen LogP contribution < -0.4 is 16.2 Å². The lowest BCUT2D eigenvalue weighted by molar-refractivity contribution is -0.0432. The van der Waals surface area contributed by atoms with E-state index >= 15 is 0 Å². The van der Waals surface area contributed by atoms with E-state index in [1.165, 1.54) is 6.33 Å². The van der Waals surface area contributed by atoms with Crippen LogP contribution >= 0.6 is 12.2 Å². The van der Waals surface area contributed by atoms with Crippen molar-refractivity contribution >= 4 is 34.4 Å². The third-order valence-corrected chi connectivity index (χ3v) is 3.89. The van der Waals surface area contributed by atoms with Gasteiger partial charge in [0.25, 0.3) is 5.56 Å². The number of fused-ring (bicyclic) bond motifs is 1. The third kappa shape index (κ3) is 2.91. The second-order valence-electron chi connectivity index (χ2n) is 5.06. The van der Waals surface area contributed by atoms with Crippen LogP contribution in [0.15, 0.2) is 11.1 Å². The Morgan fingerprint density at radius 2 is 2.43 bits per heavy atom. The maximum Gasteiger partial charge on any atom is 0.280 e. The number of aromatic nitrogens is 4. The van der Waals surface area contributed by atoms with Gasteiger partial charge in [-0.15, -0.1) is 0 Å². The molecule has 1 aliphatic heterocycles. The molecule has 1 aliphatic rings. The molecule has 1 fully saturated rings. The summed E-state index contributed by atoms with van der Waals surface area (Å²) in [4.78, 5) is 22.9. The van der Waals surface area contributed by atoms with Crippen molar-refractivity contribution in [2.45, 2.75) is 24.9 Å². The normalized spacial score (nSPS) is 24.0. The highest BCUT2D eigenvalue weighted by Crippen LogP contribution is 2.30. The summed E-state index contributed by atoms with van der Waals surface area (Å²) in [6.45, 7) is -0.290. The Bertz CT molecular complexity index is 789. The van der Waals surface area contributed by atoms with Crippen molar-refractivity contribution in [3.63, 3.8) is 0 Å². The third-order valence-electron chi connectivity index (χ3n) is 3.59. The fourth-order valence-corrected chi connectivity index (χ4v) is 2.51. The Kier molecular flexibility index (Phi) is 4.26. The van der Waals surface area contributed by atoms with E-state index in [0.717, 1.165) is 0 Å². The summed E-state index contributed by atoms with van der Waals surface area (Å²) in [5.74, 6) is 0.167. The Morgan fingerprint density at radius 1 is 1.65 bits per heavy atom. The average Bonchev–Trinajstić information content (AvgIpc) is 3.10. The largest absolute Gasteiger partial charge is 0.394 e. The number of aliphatic hydroxyl groups is 2.